The van der Waals surface area contributed by atoms with Crippen LogP contribution in [0.1, 0.15) is 37.8 Å². The zero-order valence-electron chi connectivity index (χ0n) is 12.4. The smallest absolute Gasteiger partial charge is 0.310 e. The SMILES string of the molecule is CCC(CC)(CN(C)Cc1ccccc1C)C(=O)O. The van der Waals surface area contributed by atoms with E-state index in [1.807, 2.05) is 33.0 Å². The lowest BCUT2D eigenvalue weighted by Gasteiger charge is -2.32. The first-order valence-electron chi connectivity index (χ1n) is 6.91. The first-order valence-corrected chi connectivity index (χ1v) is 6.91. The molecule has 1 aromatic carbocycles. The highest BCUT2D eigenvalue weighted by Gasteiger charge is 2.35. The summed E-state index contributed by atoms with van der Waals surface area (Å²) in [6, 6.07) is 8.25. The zero-order valence-corrected chi connectivity index (χ0v) is 12.4. The fraction of sp³-hybridized carbons (Fsp3) is 0.562. The summed E-state index contributed by atoms with van der Waals surface area (Å²) in [6.07, 6.45) is 1.33. The Morgan fingerprint density at radius 2 is 1.84 bits per heavy atom. The van der Waals surface area contributed by atoms with Gasteiger partial charge in [-0.15, -0.1) is 0 Å². The lowest BCUT2D eigenvalue weighted by atomic mass is 9.82. The molecule has 19 heavy (non-hydrogen) atoms. The van der Waals surface area contributed by atoms with Gasteiger partial charge in [-0.3, -0.25) is 4.79 Å². The average molecular weight is 263 g/mol. The van der Waals surface area contributed by atoms with E-state index >= 15 is 0 Å². The number of carbonyl (C=O) groups is 1. The molecule has 0 fully saturated rings. The molecule has 0 heterocycles. The number of carboxylic acids is 1. The second-order valence-electron chi connectivity index (χ2n) is 5.39. The molecule has 0 radical (unpaired) electrons. The molecule has 0 saturated carbocycles. The minimum absolute atomic E-state index is 0.587. The molecule has 0 saturated heterocycles. The molecule has 1 rings (SSSR count). The number of aliphatic carboxylic acids is 1. The van der Waals surface area contributed by atoms with Crippen LogP contribution in [0.4, 0.5) is 0 Å². The third kappa shape index (κ3) is 3.80. The van der Waals surface area contributed by atoms with Crippen molar-refractivity contribution < 1.29 is 9.90 Å². The summed E-state index contributed by atoms with van der Waals surface area (Å²) in [5, 5.41) is 9.47. The Bertz CT molecular complexity index is 425. The molecule has 3 heteroatoms. The first kappa shape index (κ1) is 15.7. The van der Waals surface area contributed by atoms with E-state index in [0.29, 0.717) is 19.4 Å². The van der Waals surface area contributed by atoms with Crippen LogP contribution >= 0.6 is 0 Å². The fourth-order valence-corrected chi connectivity index (χ4v) is 2.49. The highest BCUT2D eigenvalue weighted by molar-refractivity contribution is 5.74. The third-order valence-corrected chi connectivity index (χ3v) is 4.08. The van der Waals surface area contributed by atoms with Crippen molar-refractivity contribution in [3.8, 4) is 0 Å². The maximum atomic E-state index is 11.5. The van der Waals surface area contributed by atoms with Gasteiger partial charge in [-0.25, -0.2) is 0 Å². The maximum Gasteiger partial charge on any atom is 0.310 e. The number of nitrogens with zero attached hydrogens (tertiary/aromatic N) is 1. The Morgan fingerprint density at radius 1 is 1.26 bits per heavy atom. The number of rotatable bonds is 7. The number of benzene rings is 1. The van der Waals surface area contributed by atoms with Crippen molar-refractivity contribution in [1.29, 1.82) is 0 Å². The van der Waals surface area contributed by atoms with E-state index in [1.165, 1.54) is 11.1 Å². The highest BCUT2D eigenvalue weighted by atomic mass is 16.4. The van der Waals surface area contributed by atoms with Crippen molar-refractivity contribution >= 4 is 5.97 Å². The largest absolute Gasteiger partial charge is 0.481 e. The van der Waals surface area contributed by atoms with Gasteiger partial charge in [-0.2, -0.15) is 0 Å². The lowest BCUT2D eigenvalue weighted by Crippen LogP contribution is -2.40. The van der Waals surface area contributed by atoms with Crippen LogP contribution in [0, 0.1) is 12.3 Å². The number of aryl methyl sites for hydroxylation is 1. The second kappa shape index (κ2) is 6.71. The summed E-state index contributed by atoms with van der Waals surface area (Å²) in [6.45, 7) is 7.39. The number of carboxylic acid groups (broad SMARTS) is 1. The summed E-state index contributed by atoms with van der Waals surface area (Å²) in [5.74, 6) is -0.686. The molecule has 106 valence electrons. The van der Waals surface area contributed by atoms with Crippen molar-refractivity contribution in [2.24, 2.45) is 5.41 Å². The minimum Gasteiger partial charge on any atom is -0.481 e. The van der Waals surface area contributed by atoms with E-state index in [2.05, 4.69) is 24.0 Å². The number of hydrogen-bond donors (Lipinski definition) is 1. The van der Waals surface area contributed by atoms with E-state index in [4.69, 9.17) is 0 Å². The normalized spacial score (nSPS) is 11.8. The number of hydrogen-bond acceptors (Lipinski definition) is 2. The molecule has 0 unspecified atom stereocenters. The predicted molar refractivity (Wildman–Crippen MR) is 78.2 cm³/mol. The molecule has 1 aromatic rings. The van der Waals surface area contributed by atoms with Crippen LogP contribution in [-0.2, 0) is 11.3 Å². The first-order chi connectivity index (χ1) is 8.95. The van der Waals surface area contributed by atoms with Gasteiger partial charge in [0, 0.05) is 13.1 Å². The van der Waals surface area contributed by atoms with Gasteiger partial charge in [0.1, 0.15) is 0 Å². The van der Waals surface area contributed by atoms with Crippen LogP contribution in [0.2, 0.25) is 0 Å². The summed E-state index contributed by atoms with van der Waals surface area (Å²) in [5.41, 5.74) is 1.89. The highest BCUT2D eigenvalue weighted by Crippen LogP contribution is 2.28. The second-order valence-corrected chi connectivity index (χ2v) is 5.39. The van der Waals surface area contributed by atoms with Crippen LogP contribution < -0.4 is 0 Å². The van der Waals surface area contributed by atoms with E-state index in [0.717, 1.165) is 6.54 Å². The molecule has 1 N–H and O–H groups in total. The molecule has 0 aliphatic carbocycles. The van der Waals surface area contributed by atoms with Gasteiger partial charge >= 0.3 is 5.97 Å². The molecule has 0 spiro atoms. The average Bonchev–Trinajstić information content (AvgIpc) is 2.38. The van der Waals surface area contributed by atoms with Crippen LogP contribution in [-0.4, -0.2) is 29.6 Å². The van der Waals surface area contributed by atoms with Crippen molar-refractivity contribution in [3.63, 3.8) is 0 Å². The lowest BCUT2D eigenvalue weighted by molar-refractivity contribution is -0.150. The zero-order chi connectivity index (χ0) is 14.5. The van der Waals surface area contributed by atoms with Crippen molar-refractivity contribution in [2.75, 3.05) is 13.6 Å². The topological polar surface area (TPSA) is 40.5 Å². The van der Waals surface area contributed by atoms with Gasteiger partial charge in [0.05, 0.1) is 5.41 Å². The van der Waals surface area contributed by atoms with Crippen molar-refractivity contribution in [3.05, 3.63) is 35.4 Å². The summed E-state index contributed by atoms with van der Waals surface area (Å²) in [7, 11) is 2.00. The monoisotopic (exact) mass is 263 g/mol. The van der Waals surface area contributed by atoms with Crippen LogP contribution in [0.3, 0.4) is 0 Å². The van der Waals surface area contributed by atoms with Crippen molar-refractivity contribution in [2.45, 2.75) is 40.2 Å². The van der Waals surface area contributed by atoms with Crippen LogP contribution in [0.15, 0.2) is 24.3 Å². The Hall–Kier alpha value is -1.35. The molecule has 3 nitrogen and oxygen atoms in total. The fourth-order valence-electron chi connectivity index (χ4n) is 2.49. The molecule has 0 aliphatic rings. The van der Waals surface area contributed by atoms with Crippen LogP contribution in [0.5, 0.6) is 0 Å². The van der Waals surface area contributed by atoms with E-state index in [9.17, 15) is 9.90 Å². The van der Waals surface area contributed by atoms with Gasteiger partial charge in [-0.05, 0) is 37.9 Å². The maximum absolute atomic E-state index is 11.5. The van der Waals surface area contributed by atoms with Crippen molar-refractivity contribution in [1.82, 2.24) is 4.90 Å². The quantitative estimate of drug-likeness (QED) is 0.820. The van der Waals surface area contributed by atoms with Gasteiger partial charge in [0.25, 0.3) is 0 Å². The van der Waals surface area contributed by atoms with Gasteiger partial charge in [-0.1, -0.05) is 38.1 Å². The van der Waals surface area contributed by atoms with E-state index < -0.39 is 11.4 Å². The predicted octanol–water partition coefficient (Wildman–Crippen LogP) is 3.32. The summed E-state index contributed by atoms with van der Waals surface area (Å²) >= 11 is 0. The Kier molecular flexibility index (Phi) is 5.55. The molecule has 0 bridgehead atoms. The Balaban J connectivity index is 2.76. The standard InChI is InChI=1S/C16H25NO2/c1-5-16(6-2,15(18)19)12-17(4)11-14-10-8-7-9-13(14)3/h7-10H,5-6,11-12H2,1-4H3,(H,18,19). The molecular formula is C16H25NO2. The summed E-state index contributed by atoms with van der Waals surface area (Å²) < 4.78 is 0. The van der Waals surface area contributed by atoms with E-state index in [-0.39, 0.29) is 0 Å². The van der Waals surface area contributed by atoms with Gasteiger partial charge in [0.15, 0.2) is 0 Å². The van der Waals surface area contributed by atoms with Gasteiger partial charge in [0.2, 0.25) is 0 Å². The molecule has 0 aliphatic heterocycles. The summed E-state index contributed by atoms with van der Waals surface area (Å²) in [4.78, 5) is 13.6. The molecule has 0 amide bonds. The Labute approximate surface area is 116 Å². The minimum atomic E-state index is -0.686. The molecule has 0 aromatic heterocycles. The molecule has 0 atom stereocenters. The Morgan fingerprint density at radius 3 is 2.32 bits per heavy atom. The van der Waals surface area contributed by atoms with Crippen LogP contribution in [0.25, 0.3) is 0 Å². The van der Waals surface area contributed by atoms with E-state index in [1.54, 1.807) is 0 Å². The third-order valence-electron chi connectivity index (χ3n) is 4.08. The van der Waals surface area contributed by atoms with Gasteiger partial charge < -0.3 is 10.0 Å². The molecular weight excluding hydrogens is 238 g/mol.